The Morgan fingerprint density at radius 2 is 1.06 bits per heavy atom. The fourth-order valence-corrected chi connectivity index (χ4v) is 20.7. The van der Waals surface area contributed by atoms with Crippen molar-refractivity contribution < 1.29 is 45.8 Å². The monoisotopic (exact) mass is 870 g/mol. The van der Waals surface area contributed by atoms with Crippen LogP contribution in [0.15, 0.2) is 106 Å². The van der Waals surface area contributed by atoms with Crippen LogP contribution >= 0.6 is 0 Å². The third-order valence-electron chi connectivity index (χ3n) is 10.5. The first-order valence-corrected chi connectivity index (χ1v) is 24.2. The maximum atomic E-state index is 2.55. The Kier molecular flexibility index (Phi) is 13.8. The normalized spacial score (nSPS) is 13.5. The molecular weight excluding hydrogens is 814 g/mol. The smallest absolute Gasteiger partial charge is 1.00 e. The molecule has 0 spiro atoms. The molecule has 50 heavy (non-hydrogen) atoms. The van der Waals surface area contributed by atoms with E-state index in [9.17, 15) is 0 Å². The largest absolute Gasteiger partial charge is 1.00 e. The molecule has 4 aromatic carbocycles. The molecule has 6 rings (SSSR count). The van der Waals surface area contributed by atoms with Gasteiger partial charge in [-0.05, 0) is 0 Å². The van der Waals surface area contributed by atoms with Gasteiger partial charge in [0.05, 0.1) is 0 Å². The number of allylic oxidation sites excluding steroid dienone is 4. The predicted molar refractivity (Wildman–Crippen MR) is 206 cm³/mol. The number of benzene rings is 4. The van der Waals surface area contributed by atoms with E-state index in [4.69, 9.17) is 0 Å². The minimum atomic E-state index is -2.96. The van der Waals surface area contributed by atoms with Gasteiger partial charge in [0, 0.05) is 0 Å². The van der Waals surface area contributed by atoms with Crippen LogP contribution in [0.3, 0.4) is 0 Å². The molecule has 0 aromatic heterocycles. The SMILES string of the molecule is CCCCc1ccc([C](c2ccc(CCCC)cc2)=[Hf+2]([C]2=CC=CC2)[CH]2c3ccc(C(C)(C)C)cc3-c3cc(C(C)(C)C)ccc32)cc1.[Cl-].[Cl-]. The van der Waals surface area contributed by atoms with Gasteiger partial charge in [0.25, 0.3) is 0 Å². The maximum Gasteiger partial charge on any atom is -1.00 e. The summed E-state index contributed by atoms with van der Waals surface area (Å²) >= 11 is -2.96. The zero-order chi connectivity index (χ0) is 34.1. The van der Waals surface area contributed by atoms with Crippen LogP contribution in [-0.2, 0) is 44.6 Å². The third kappa shape index (κ3) is 8.65. The van der Waals surface area contributed by atoms with E-state index < -0.39 is 21.0 Å². The van der Waals surface area contributed by atoms with E-state index in [0.717, 1.165) is 19.3 Å². The zero-order valence-electron chi connectivity index (χ0n) is 31.6. The van der Waals surface area contributed by atoms with Crippen molar-refractivity contribution in [2.24, 2.45) is 0 Å². The van der Waals surface area contributed by atoms with Crippen LogP contribution in [-0.4, -0.2) is 3.26 Å². The average molecular weight is 870 g/mol. The van der Waals surface area contributed by atoms with Gasteiger partial charge in [-0.1, -0.05) is 0 Å². The van der Waals surface area contributed by atoms with Crippen LogP contribution < -0.4 is 24.8 Å². The van der Waals surface area contributed by atoms with Crippen molar-refractivity contribution in [2.45, 2.75) is 115 Å². The summed E-state index contributed by atoms with van der Waals surface area (Å²) < 4.78 is 3.84. The molecule has 0 aliphatic heterocycles. The number of unbranched alkanes of at least 4 members (excludes halogenated alkanes) is 2. The van der Waals surface area contributed by atoms with Gasteiger partial charge in [-0.2, -0.15) is 0 Å². The van der Waals surface area contributed by atoms with Gasteiger partial charge >= 0.3 is 301 Å². The molecule has 0 amide bonds. The first-order valence-electron chi connectivity index (χ1n) is 18.6. The van der Waals surface area contributed by atoms with E-state index in [1.54, 1.807) is 17.7 Å². The summed E-state index contributed by atoms with van der Waals surface area (Å²) in [5.74, 6) is 0. The molecule has 3 heteroatoms. The molecule has 0 bridgehead atoms. The van der Waals surface area contributed by atoms with Gasteiger partial charge in [0.2, 0.25) is 0 Å². The summed E-state index contributed by atoms with van der Waals surface area (Å²) in [5.41, 5.74) is 15.0. The Morgan fingerprint density at radius 3 is 1.42 bits per heavy atom. The summed E-state index contributed by atoms with van der Waals surface area (Å²) in [6.45, 7) is 18.7. The molecular formula is C47H56Cl2Hf. The fraction of sp³-hybridized carbons (Fsp3) is 0.383. The van der Waals surface area contributed by atoms with Gasteiger partial charge in [0.15, 0.2) is 0 Å². The molecule has 0 nitrogen and oxygen atoms in total. The minimum Gasteiger partial charge on any atom is -1.00 e. The maximum absolute atomic E-state index is 2.96. The van der Waals surface area contributed by atoms with E-state index in [1.165, 1.54) is 70.2 Å². The van der Waals surface area contributed by atoms with Gasteiger partial charge < -0.3 is 24.8 Å². The second kappa shape index (κ2) is 17.0. The Morgan fingerprint density at radius 1 is 0.620 bits per heavy atom. The van der Waals surface area contributed by atoms with Crippen LogP contribution in [0.25, 0.3) is 11.1 Å². The van der Waals surface area contributed by atoms with Crippen LogP contribution in [0.5, 0.6) is 0 Å². The van der Waals surface area contributed by atoms with E-state index in [-0.39, 0.29) is 35.6 Å². The molecule has 0 radical (unpaired) electrons. The van der Waals surface area contributed by atoms with E-state index in [1.807, 2.05) is 0 Å². The first kappa shape index (κ1) is 40.5. The molecule has 0 unspecified atom stereocenters. The molecule has 0 atom stereocenters. The average Bonchev–Trinajstić information content (AvgIpc) is 3.71. The van der Waals surface area contributed by atoms with Crippen molar-refractivity contribution in [3.63, 3.8) is 0 Å². The Balaban J connectivity index is 0.00000281. The summed E-state index contributed by atoms with van der Waals surface area (Å²) in [5, 5.41) is 0. The summed E-state index contributed by atoms with van der Waals surface area (Å²) in [4.78, 5) is 0. The molecule has 0 saturated carbocycles. The van der Waals surface area contributed by atoms with Crippen LogP contribution in [0.4, 0.5) is 0 Å². The van der Waals surface area contributed by atoms with Gasteiger partial charge in [-0.25, -0.2) is 0 Å². The topological polar surface area (TPSA) is 0 Å². The Bertz CT molecular complexity index is 1740. The molecule has 4 aromatic rings. The molecule has 2 aliphatic rings. The van der Waals surface area contributed by atoms with Crippen LogP contribution in [0.1, 0.15) is 136 Å². The van der Waals surface area contributed by atoms with Gasteiger partial charge in [-0.15, -0.1) is 0 Å². The number of hydrogen-bond donors (Lipinski definition) is 0. The Hall–Kier alpha value is -2.32. The predicted octanol–water partition coefficient (Wildman–Crippen LogP) is 6.78. The van der Waals surface area contributed by atoms with Crippen LogP contribution in [0, 0.1) is 0 Å². The van der Waals surface area contributed by atoms with Gasteiger partial charge in [0.1, 0.15) is 0 Å². The zero-order valence-corrected chi connectivity index (χ0v) is 36.7. The van der Waals surface area contributed by atoms with Crippen molar-refractivity contribution in [1.29, 1.82) is 0 Å². The second-order valence-electron chi connectivity index (χ2n) is 16.3. The van der Waals surface area contributed by atoms with Crippen LogP contribution in [0.2, 0.25) is 0 Å². The van der Waals surface area contributed by atoms with Crippen molar-refractivity contribution in [2.75, 3.05) is 0 Å². The van der Waals surface area contributed by atoms with Crippen molar-refractivity contribution in [1.82, 2.24) is 0 Å². The summed E-state index contributed by atoms with van der Waals surface area (Å²) in [7, 11) is 0. The number of halogens is 2. The minimum absolute atomic E-state index is 0. The third-order valence-corrected chi connectivity index (χ3v) is 22.7. The van der Waals surface area contributed by atoms with Crippen molar-refractivity contribution in [3.8, 4) is 11.1 Å². The van der Waals surface area contributed by atoms with Crippen molar-refractivity contribution >= 4 is 3.26 Å². The summed E-state index contributed by atoms with van der Waals surface area (Å²) in [6, 6.07) is 34.6. The molecule has 0 saturated heterocycles. The molecule has 0 N–H and O–H groups in total. The number of aryl methyl sites for hydroxylation is 2. The van der Waals surface area contributed by atoms with E-state index >= 15 is 0 Å². The molecule has 0 fully saturated rings. The van der Waals surface area contributed by atoms with E-state index in [2.05, 4.69) is 159 Å². The van der Waals surface area contributed by atoms with E-state index in [0.29, 0.717) is 3.67 Å². The molecule has 2 aliphatic carbocycles. The molecule has 262 valence electrons. The first-order chi connectivity index (χ1) is 23.0. The van der Waals surface area contributed by atoms with Crippen molar-refractivity contribution in [3.05, 3.63) is 151 Å². The number of hydrogen-bond acceptors (Lipinski definition) is 0. The standard InChI is InChI=1S/C21H25.C21H26.C5H5.2ClH.Hf/c1-20(2,3)16-9-7-14-11-15-8-10-17(21(4,5)6)13-19(15)18(14)12-16;1-3-5-7-18-9-13-20(14-10-18)17-21-15-11-19(12-16-21)8-6-4-2;1-2-4-5-3-1;;;/h7-13H,1-6H3;9-16H,3-8H2,1-2H3;1-3H,4H2;2*1H;/q;;;;;+2/p-2. The fourth-order valence-electron chi connectivity index (χ4n) is 7.55. The second-order valence-corrected chi connectivity index (χ2v) is 25.4. The number of fused-ring (bicyclic) bond motifs is 3. The quantitative estimate of drug-likeness (QED) is 0.155. The summed E-state index contributed by atoms with van der Waals surface area (Å²) in [6.07, 6.45) is 15.6. The molecule has 0 heterocycles. The number of rotatable bonds is 10. The van der Waals surface area contributed by atoms with Gasteiger partial charge in [-0.3, -0.25) is 0 Å². The Labute approximate surface area is 323 Å².